The fourth-order valence-electron chi connectivity index (χ4n) is 5.99. The summed E-state index contributed by atoms with van der Waals surface area (Å²) in [6.45, 7) is 20.4. The summed E-state index contributed by atoms with van der Waals surface area (Å²) in [4.78, 5) is 5.41. The molecule has 0 bridgehead atoms. The summed E-state index contributed by atoms with van der Waals surface area (Å²) < 4.78 is 2.50. The van der Waals surface area contributed by atoms with Crippen molar-refractivity contribution < 1.29 is 0 Å². The van der Waals surface area contributed by atoms with Crippen LogP contribution in [0.1, 0.15) is 108 Å². The number of allylic oxidation sites excluding steroid dienone is 2. The minimum absolute atomic E-state index is 0.373. The molecule has 0 saturated carbocycles. The van der Waals surface area contributed by atoms with Crippen LogP contribution in [0, 0.1) is 0 Å². The summed E-state index contributed by atoms with van der Waals surface area (Å²) >= 11 is -1.03. The van der Waals surface area contributed by atoms with Crippen molar-refractivity contribution in [1.82, 2.24) is 0 Å². The summed E-state index contributed by atoms with van der Waals surface area (Å²) in [6, 6.07) is 35.5. The number of aliphatic imine (C=N–C) groups is 1. The van der Waals surface area contributed by atoms with Gasteiger partial charge < -0.3 is 0 Å². The molecule has 4 aromatic carbocycles. The van der Waals surface area contributed by atoms with Gasteiger partial charge in [0.25, 0.3) is 0 Å². The van der Waals surface area contributed by atoms with Crippen LogP contribution in [0.2, 0.25) is 0 Å². The number of anilines is 1. The number of hydrogen-bond donors (Lipinski definition) is 0. The molecule has 0 unspecified atom stereocenters. The van der Waals surface area contributed by atoms with Crippen LogP contribution in [0.25, 0.3) is 0 Å². The van der Waals surface area contributed by atoms with E-state index in [1.807, 2.05) is 0 Å². The molecule has 0 aliphatic heterocycles. The van der Waals surface area contributed by atoms with Crippen molar-refractivity contribution in [2.24, 2.45) is 4.99 Å². The Balaban J connectivity index is 1.99. The molecule has 0 saturated heterocycles. The van der Waals surface area contributed by atoms with E-state index < -0.39 is 22.6 Å². The zero-order chi connectivity index (χ0) is 33.4. The molecule has 0 aliphatic rings. The van der Waals surface area contributed by atoms with Gasteiger partial charge in [-0.1, -0.05) is 0 Å². The van der Waals surface area contributed by atoms with E-state index in [0.29, 0.717) is 23.7 Å². The number of hydrogen-bond acceptors (Lipinski definition) is 2. The molecule has 240 valence electrons. The number of nitrogens with zero attached hydrogens (tertiary/aromatic N) is 2. The Kier molecular flexibility index (Phi) is 13.3. The first-order valence-electron chi connectivity index (χ1n) is 16.6. The summed E-state index contributed by atoms with van der Waals surface area (Å²) in [6.07, 6.45) is 3.22. The van der Waals surface area contributed by atoms with Crippen LogP contribution in [0.4, 0.5) is 11.4 Å². The first kappa shape index (κ1) is 36.2. The van der Waals surface area contributed by atoms with E-state index in [0.717, 1.165) is 17.6 Å². The summed E-state index contributed by atoms with van der Waals surface area (Å²) in [5.41, 5.74) is 9.97. The van der Waals surface area contributed by atoms with Gasteiger partial charge in [0.15, 0.2) is 0 Å². The van der Waals surface area contributed by atoms with Gasteiger partial charge in [-0.3, -0.25) is 0 Å². The molecule has 4 rings (SSSR count). The summed E-state index contributed by atoms with van der Waals surface area (Å²) in [5.74, 6) is 1.52. The Morgan fingerprint density at radius 3 is 1.46 bits per heavy atom. The Morgan fingerprint density at radius 2 is 1.07 bits per heavy atom. The van der Waals surface area contributed by atoms with E-state index in [1.54, 1.807) is 0 Å². The van der Waals surface area contributed by atoms with Gasteiger partial charge in [0, 0.05) is 0 Å². The second-order valence-corrected chi connectivity index (χ2v) is 17.6. The molecule has 0 N–H and O–H groups in total. The topological polar surface area (TPSA) is 15.6 Å². The molecule has 46 heavy (non-hydrogen) atoms. The Bertz CT molecular complexity index is 1540. The predicted octanol–water partition coefficient (Wildman–Crippen LogP) is 11.6. The maximum absolute atomic E-state index is 7.18. The molecule has 0 heterocycles. The molecule has 0 fully saturated rings. The molecule has 0 spiro atoms. The Morgan fingerprint density at radius 1 is 0.652 bits per heavy atom. The third-order valence-electron chi connectivity index (χ3n) is 8.40. The van der Waals surface area contributed by atoms with Crippen LogP contribution in [-0.4, -0.2) is 26.6 Å². The first-order valence-corrected chi connectivity index (χ1v) is 21.8. The Hall–Kier alpha value is -2.65. The molecule has 5 heteroatoms. The fourth-order valence-corrected chi connectivity index (χ4v) is 10.8. The molecular weight excluding hydrogens is 660 g/mol. The van der Waals surface area contributed by atoms with Crippen molar-refractivity contribution >= 4 is 60.4 Å². The van der Waals surface area contributed by atoms with Crippen LogP contribution in [0.15, 0.2) is 114 Å². The van der Waals surface area contributed by atoms with E-state index in [4.69, 9.17) is 15.0 Å². The van der Waals surface area contributed by atoms with Crippen molar-refractivity contribution in [2.75, 3.05) is 10.0 Å². The summed E-state index contributed by atoms with van der Waals surface area (Å²) in [7, 11) is 6.49. The first-order chi connectivity index (χ1) is 22.0. The van der Waals surface area contributed by atoms with Gasteiger partial charge in [-0.05, 0) is 0 Å². The van der Waals surface area contributed by atoms with Gasteiger partial charge in [-0.25, -0.2) is 0 Å². The van der Waals surface area contributed by atoms with E-state index in [2.05, 4.69) is 169 Å². The Labute approximate surface area is 291 Å². The molecule has 0 atom stereocenters. The second kappa shape index (κ2) is 17.0. The average Bonchev–Trinajstić information content (AvgIpc) is 3.04. The third kappa shape index (κ3) is 8.82. The monoisotopic (exact) mass is 710 g/mol. The van der Waals surface area contributed by atoms with Crippen molar-refractivity contribution in [3.63, 3.8) is 0 Å². The SMILES string of the molecule is CC(/C=C(/CP(c1ccccc1)c1ccccc1)[N]([Ge][Cl])c1c(C(C)C)cccc1C(C)C)=Nc1c(C(C)C)cccc1C(C)C. The standard InChI is InChI=1S/C41H50ClGeN2P/c1-28(2)36-22-16-23-37(29(3)4)40(36)44-32(9)26-33(27-46(34-18-12-10-13-19-34)35-20-14-11-15-21-35)45(43-42)41-38(30(5)6)24-17-25-39(41)31(7)8/h10-26,28-31H,27H2,1-9H3/b33-26-,44-32?. The number of halogens is 1. The number of rotatable bonds is 13. The molecule has 2 nitrogen and oxygen atoms in total. The van der Waals surface area contributed by atoms with Crippen molar-refractivity contribution in [2.45, 2.75) is 86.0 Å². The van der Waals surface area contributed by atoms with Crippen LogP contribution in [0.5, 0.6) is 0 Å². The van der Waals surface area contributed by atoms with Crippen molar-refractivity contribution in [1.29, 1.82) is 0 Å². The molecule has 0 aliphatic carbocycles. The zero-order valence-corrected chi connectivity index (χ0v) is 32.8. The van der Waals surface area contributed by atoms with Crippen LogP contribution >= 0.6 is 17.9 Å². The summed E-state index contributed by atoms with van der Waals surface area (Å²) in [5, 5.41) is 2.74. The normalized spacial score (nSPS) is 12.7. The predicted molar refractivity (Wildman–Crippen MR) is 208 cm³/mol. The van der Waals surface area contributed by atoms with Gasteiger partial charge in [0.1, 0.15) is 0 Å². The third-order valence-corrected chi connectivity index (χ3v) is 13.2. The minimum atomic E-state index is -1.03. The van der Waals surface area contributed by atoms with Crippen molar-refractivity contribution in [3.05, 3.63) is 131 Å². The van der Waals surface area contributed by atoms with Crippen LogP contribution in [0.3, 0.4) is 0 Å². The second-order valence-electron chi connectivity index (χ2n) is 13.3. The van der Waals surface area contributed by atoms with E-state index in [1.165, 1.54) is 44.2 Å². The molecular formula is C41H50ClGeN2P. The van der Waals surface area contributed by atoms with Gasteiger partial charge in [0.05, 0.1) is 0 Å². The van der Waals surface area contributed by atoms with Gasteiger partial charge in [0.2, 0.25) is 0 Å². The fraction of sp³-hybridized carbons (Fsp3) is 0.341. The van der Waals surface area contributed by atoms with E-state index in [9.17, 15) is 0 Å². The molecule has 2 radical (unpaired) electrons. The molecule has 4 aromatic rings. The van der Waals surface area contributed by atoms with Gasteiger partial charge in [-0.15, -0.1) is 0 Å². The number of benzene rings is 4. The maximum atomic E-state index is 7.18. The molecule has 0 aromatic heterocycles. The number of para-hydroxylation sites is 2. The quantitative estimate of drug-likeness (QED) is 0.0767. The zero-order valence-electron chi connectivity index (χ0n) is 29.1. The van der Waals surface area contributed by atoms with Gasteiger partial charge in [-0.2, -0.15) is 0 Å². The van der Waals surface area contributed by atoms with E-state index >= 15 is 0 Å². The average molecular weight is 710 g/mol. The van der Waals surface area contributed by atoms with E-state index in [-0.39, 0.29) is 0 Å². The van der Waals surface area contributed by atoms with Crippen LogP contribution < -0.4 is 14.5 Å². The molecule has 0 amide bonds. The van der Waals surface area contributed by atoms with Crippen molar-refractivity contribution in [3.8, 4) is 0 Å². The van der Waals surface area contributed by atoms with Crippen LogP contribution in [-0.2, 0) is 0 Å². The van der Waals surface area contributed by atoms with Gasteiger partial charge >= 0.3 is 292 Å².